The predicted octanol–water partition coefficient (Wildman–Crippen LogP) is 6.62. The van der Waals surface area contributed by atoms with Gasteiger partial charge in [0.1, 0.15) is 23.0 Å². The summed E-state index contributed by atoms with van der Waals surface area (Å²) in [6.07, 6.45) is -3.18. The molecule has 0 bridgehead atoms. The van der Waals surface area contributed by atoms with E-state index >= 15 is 0 Å². The zero-order chi connectivity index (χ0) is 28.0. The van der Waals surface area contributed by atoms with Gasteiger partial charge in [-0.05, 0) is 61.0 Å². The molecule has 6 nitrogen and oxygen atoms in total. The molecule has 0 spiro atoms. The van der Waals surface area contributed by atoms with Gasteiger partial charge in [0.25, 0.3) is 11.8 Å². The molecule has 3 aromatic carbocycles. The Balaban J connectivity index is 1.62. The van der Waals surface area contributed by atoms with Crippen molar-refractivity contribution >= 4 is 17.9 Å². The van der Waals surface area contributed by atoms with Crippen molar-refractivity contribution in [3.8, 4) is 17.1 Å². The number of ether oxygens (including phenoxy) is 1. The second-order valence-electron chi connectivity index (χ2n) is 8.63. The Hall–Kier alpha value is -4.79. The van der Waals surface area contributed by atoms with Gasteiger partial charge in [-0.1, -0.05) is 42.5 Å². The molecule has 39 heavy (non-hydrogen) atoms. The van der Waals surface area contributed by atoms with Gasteiger partial charge in [0.2, 0.25) is 0 Å². The maximum absolute atomic E-state index is 13.2. The van der Waals surface area contributed by atoms with Crippen molar-refractivity contribution in [3.63, 3.8) is 0 Å². The van der Waals surface area contributed by atoms with Crippen molar-refractivity contribution in [1.29, 1.82) is 0 Å². The Morgan fingerprint density at radius 3 is 2.31 bits per heavy atom. The lowest BCUT2D eigenvalue weighted by molar-refractivity contribution is -0.137. The fourth-order valence-electron chi connectivity index (χ4n) is 3.77. The van der Waals surface area contributed by atoms with E-state index in [2.05, 4.69) is 10.6 Å². The Labute approximate surface area is 223 Å². The lowest BCUT2D eigenvalue weighted by Crippen LogP contribution is -2.36. The number of carbonyl (C=O) groups excluding carboxylic acids is 2. The number of nitrogens with one attached hydrogen (secondary N) is 2. The molecule has 0 saturated heterocycles. The molecule has 2 amide bonds. The summed E-state index contributed by atoms with van der Waals surface area (Å²) >= 11 is 0. The third-order valence-electron chi connectivity index (χ3n) is 5.88. The van der Waals surface area contributed by atoms with Gasteiger partial charge in [0, 0.05) is 17.2 Å². The monoisotopic (exact) mass is 534 g/mol. The van der Waals surface area contributed by atoms with Crippen molar-refractivity contribution in [2.75, 3.05) is 7.11 Å². The highest BCUT2D eigenvalue weighted by molar-refractivity contribution is 6.05. The molecule has 4 aromatic rings. The molecule has 1 aromatic heterocycles. The summed E-state index contributed by atoms with van der Waals surface area (Å²) < 4.78 is 50.3. The fourth-order valence-corrected chi connectivity index (χ4v) is 3.77. The van der Waals surface area contributed by atoms with Gasteiger partial charge in [-0.3, -0.25) is 9.59 Å². The smallest absolute Gasteiger partial charge is 0.416 e. The van der Waals surface area contributed by atoms with E-state index in [4.69, 9.17) is 9.15 Å². The van der Waals surface area contributed by atoms with Crippen LogP contribution in [-0.2, 0) is 11.0 Å². The molecular formula is C30H25F3N2O4. The summed E-state index contributed by atoms with van der Waals surface area (Å²) in [5, 5.41) is 5.46. The van der Waals surface area contributed by atoms with Crippen LogP contribution in [0.4, 0.5) is 13.2 Å². The van der Waals surface area contributed by atoms with E-state index in [-0.39, 0.29) is 34.4 Å². The molecule has 4 rings (SSSR count). The van der Waals surface area contributed by atoms with Gasteiger partial charge in [0.05, 0.1) is 18.7 Å². The summed E-state index contributed by atoms with van der Waals surface area (Å²) in [4.78, 5) is 26.2. The van der Waals surface area contributed by atoms with Crippen LogP contribution in [0, 0.1) is 0 Å². The van der Waals surface area contributed by atoms with Crippen molar-refractivity contribution in [2.45, 2.75) is 19.1 Å². The van der Waals surface area contributed by atoms with Gasteiger partial charge in [-0.2, -0.15) is 13.2 Å². The topological polar surface area (TPSA) is 80.6 Å². The molecule has 1 heterocycles. The minimum atomic E-state index is -4.50. The summed E-state index contributed by atoms with van der Waals surface area (Å²) in [5.41, 5.74) is 0.445. The van der Waals surface area contributed by atoms with Crippen molar-refractivity contribution in [2.24, 2.45) is 0 Å². The third kappa shape index (κ3) is 6.95. The highest BCUT2D eigenvalue weighted by atomic mass is 19.4. The summed E-state index contributed by atoms with van der Waals surface area (Å²) in [6.45, 7) is 1.80. The number of methoxy groups -OCH3 is 1. The van der Waals surface area contributed by atoms with Crippen LogP contribution in [0.1, 0.15) is 40.2 Å². The van der Waals surface area contributed by atoms with Crippen LogP contribution in [0.5, 0.6) is 5.75 Å². The molecule has 2 N–H and O–H groups in total. The number of rotatable bonds is 8. The summed E-state index contributed by atoms with van der Waals surface area (Å²) in [5.74, 6) is -0.225. The number of carbonyl (C=O) groups is 2. The maximum atomic E-state index is 13.2. The van der Waals surface area contributed by atoms with Crippen LogP contribution in [0.3, 0.4) is 0 Å². The average Bonchev–Trinajstić information content (AvgIpc) is 3.41. The Morgan fingerprint density at radius 2 is 1.64 bits per heavy atom. The first-order valence-corrected chi connectivity index (χ1v) is 11.9. The molecule has 1 unspecified atom stereocenters. The standard InChI is InChI=1S/C30H25F3N2O4/c1-19(20-7-4-3-5-8-20)34-29(37)26(35-28(36)21-11-13-24(38-2)14-12-21)18-25-15-16-27(39-25)22-9-6-10-23(17-22)30(31,32)33/h3-19H,1-2H3,(H,34,37)(H,35,36)/b26-18-. The summed E-state index contributed by atoms with van der Waals surface area (Å²) in [7, 11) is 1.51. The van der Waals surface area contributed by atoms with E-state index in [0.717, 1.165) is 17.7 Å². The van der Waals surface area contributed by atoms with E-state index in [9.17, 15) is 22.8 Å². The molecule has 0 fully saturated rings. The van der Waals surface area contributed by atoms with Crippen LogP contribution in [0.25, 0.3) is 17.4 Å². The van der Waals surface area contributed by atoms with Crippen LogP contribution >= 0.6 is 0 Å². The normalized spacial score (nSPS) is 12.5. The second-order valence-corrected chi connectivity index (χ2v) is 8.63. The second kappa shape index (κ2) is 11.7. The summed E-state index contributed by atoms with van der Waals surface area (Å²) in [6, 6.07) is 22.9. The molecule has 0 radical (unpaired) electrons. The minimum absolute atomic E-state index is 0.108. The molecule has 0 aliphatic rings. The predicted molar refractivity (Wildman–Crippen MR) is 141 cm³/mol. The number of furan rings is 1. The van der Waals surface area contributed by atoms with Crippen LogP contribution in [-0.4, -0.2) is 18.9 Å². The van der Waals surface area contributed by atoms with E-state index in [1.54, 1.807) is 31.2 Å². The molecule has 9 heteroatoms. The number of alkyl halides is 3. The molecular weight excluding hydrogens is 509 g/mol. The number of hydrogen-bond acceptors (Lipinski definition) is 4. The highest BCUT2D eigenvalue weighted by Crippen LogP contribution is 2.33. The van der Waals surface area contributed by atoms with Gasteiger partial charge in [0.15, 0.2) is 0 Å². The molecule has 0 aliphatic heterocycles. The Kier molecular flexibility index (Phi) is 8.19. The quantitative estimate of drug-likeness (QED) is 0.249. The van der Waals surface area contributed by atoms with Crippen molar-refractivity contribution in [3.05, 3.63) is 119 Å². The SMILES string of the molecule is COc1ccc(C(=O)N/C(=C\c2ccc(-c3cccc(C(F)(F)F)c3)o2)C(=O)NC(C)c2ccccc2)cc1. The largest absolute Gasteiger partial charge is 0.497 e. The number of halogens is 3. The van der Waals surface area contributed by atoms with Crippen LogP contribution in [0.15, 0.2) is 101 Å². The number of hydrogen-bond donors (Lipinski definition) is 2. The zero-order valence-electron chi connectivity index (χ0n) is 21.1. The van der Waals surface area contributed by atoms with Crippen LogP contribution in [0.2, 0.25) is 0 Å². The number of amides is 2. The first-order valence-electron chi connectivity index (χ1n) is 11.9. The first-order chi connectivity index (χ1) is 18.6. The van der Waals surface area contributed by atoms with Gasteiger partial charge >= 0.3 is 6.18 Å². The molecule has 0 saturated carbocycles. The Bertz CT molecular complexity index is 1480. The number of benzene rings is 3. The lowest BCUT2D eigenvalue weighted by Gasteiger charge is -2.16. The highest BCUT2D eigenvalue weighted by Gasteiger charge is 2.30. The van der Waals surface area contributed by atoms with Crippen molar-refractivity contribution < 1.29 is 31.9 Å². The zero-order valence-corrected chi connectivity index (χ0v) is 21.1. The molecule has 0 aliphatic carbocycles. The van der Waals surface area contributed by atoms with Gasteiger partial charge in [-0.25, -0.2) is 0 Å². The Morgan fingerprint density at radius 1 is 0.923 bits per heavy atom. The first kappa shape index (κ1) is 27.3. The lowest BCUT2D eigenvalue weighted by atomic mass is 10.1. The van der Waals surface area contributed by atoms with E-state index in [1.807, 2.05) is 30.3 Å². The third-order valence-corrected chi connectivity index (χ3v) is 5.88. The maximum Gasteiger partial charge on any atom is 0.416 e. The van der Waals surface area contributed by atoms with E-state index in [0.29, 0.717) is 5.75 Å². The molecule has 1 atom stereocenters. The van der Waals surface area contributed by atoms with Crippen molar-refractivity contribution in [1.82, 2.24) is 10.6 Å². The fraction of sp³-hybridized carbons (Fsp3) is 0.133. The average molecular weight is 535 g/mol. The van der Waals surface area contributed by atoms with Gasteiger partial charge in [-0.15, -0.1) is 0 Å². The molecule has 200 valence electrons. The van der Waals surface area contributed by atoms with E-state index in [1.165, 1.54) is 37.5 Å². The van der Waals surface area contributed by atoms with Crippen LogP contribution < -0.4 is 15.4 Å². The van der Waals surface area contributed by atoms with Gasteiger partial charge < -0.3 is 19.8 Å². The minimum Gasteiger partial charge on any atom is -0.497 e. The van der Waals surface area contributed by atoms with E-state index < -0.39 is 23.6 Å².